The number of halogens is 1. The van der Waals surface area contributed by atoms with E-state index >= 15 is 0 Å². The van der Waals surface area contributed by atoms with E-state index in [4.69, 9.17) is 0 Å². The number of nitrogens with zero attached hydrogens (tertiary/aromatic N) is 2. The fraction of sp³-hybridized carbons (Fsp3) is 0.435. The van der Waals surface area contributed by atoms with Crippen molar-refractivity contribution in [2.75, 3.05) is 31.5 Å². The minimum atomic E-state index is -0.459. The molecule has 1 aliphatic carbocycles. The molecule has 3 aliphatic rings. The number of fused-ring (bicyclic) bond motifs is 2. The fourth-order valence-electron chi connectivity index (χ4n) is 5.39. The number of hydrogen-bond donors (Lipinski definition) is 2. The first-order chi connectivity index (χ1) is 14.9. The number of nitro groups is 1. The van der Waals surface area contributed by atoms with E-state index in [0.29, 0.717) is 24.7 Å². The van der Waals surface area contributed by atoms with Gasteiger partial charge in [0, 0.05) is 35.4 Å². The first-order valence-electron chi connectivity index (χ1n) is 10.9. The van der Waals surface area contributed by atoms with E-state index in [2.05, 4.69) is 10.6 Å². The topological polar surface area (TPSA) is 84.3 Å². The van der Waals surface area contributed by atoms with Crippen molar-refractivity contribution in [3.63, 3.8) is 0 Å². The van der Waals surface area contributed by atoms with Gasteiger partial charge in [0.1, 0.15) is 18.0 Å². The number of urea groups is 1. The Hall–Kier alpha value is -2.84. The van der Waals surface area contributed by atoms with Gasteiger partial charge in [-0.1, -0.05) is 0 Å². The molecule has 8 heteroatoms. The molecule has 2 N–H and O–H groups in total. The van der Waals surface area contributed by atoms with Crippen molar-refractivity contribution in [2.45, 2.75) is 31.1 Å². The lowest BCUT2D eigenvalue weighted by Crippen LogP contribution is -2.59. The predicted octanol–water partition coefficient (Wildman–Crippen LogP) is 4.32. The number of amides is 2. The number of anilines is 1. The molecular weight excluding hydrogens is 399 g/mol. The van der Waals surface area contributed by atoms with Crippen LogP contribution in [-0.2, 0) is 5.41 Å². The molecule has 0 radical (unpaired) electrons. The second-order valence-corrected chi connectivity index (χ2v) is 9.18. The average Bonchev–Trinajstić information content (AvgIpc) is 3.54. The van der Waals surface area contributed by atoms with Crippen LogP contribution in [0.15, 0.2) is 42.5 Å². The third-order valence-electron chi connectivity index (χ3n) is 7.11. The van der Waals surface area contributed by atoms with Gasteiger partial charge in [0.15, 0.2) is 0 Å². The summed E-state index contributed by atoms with van der Waals surface area (Å²) < 4.78 is 14.5. The third-order valence-corrected chi connectivity index (χ3v) is 7.11. The van der Waals surface area contributed by atoms with E-state index in [1.54, 1.807) is 24.3 Å². The number of non-ortho nitro benzene ring substituents is 1. The lowest BCUT2D eigenvalue weighted by molar-refractivity contribution is -0.384. The highest BCUT2D eigenvalue weighted by Gasteiger charge is 2.59. The molecule has 2 aromatic rings. The molecule has 1 saturated heterocycles. The maximum atomic E-state index is 14.3. The van der Waals surface area contributed by atoms with Gasteiger partial charge in [-0.05, 0) is 63.0 Å². The van der Waals surface area contributed by atoms with Crippen molar-refractivity contribution in [2.24, 2.45) is 5.92 Å². The molecule has 7 nitrogen and oxygen atoms in total. The van der Waals surface area contributed by atoms with Crippen molar-refractivity contribution in [1.82, 2.24) is 9.80 Å². The fourth-order valence-corrected chi connectivity index (χ4v) is 5.39. The summed E-state index contributed by atoms with van der Waals surface area (Å²) >= 11 is 0. The van der Waals surface area contributed by atoms with E-state index in [1.165, 1.54) is 18.2 Å². The van der Waals surface area contributed by atoms with Crippen molar-refractivity contribution in [3.05, 3.63) is 64.0 Å². The lowest BCUT2D eigenvalue weighted by atomic mass is 9.74. The summed E-state index contributed by atoms with van der Waals surface area (Å²) in [5.74, 6) is 0.219. The summed E-state index contributed by atoms with van der Waals surface area (Å²) in [5.41, 5.74) is 2.15. The van der Waals surface area contributed by atoms with E-state index < -0.39 is 4.92 Å². The number of quaternary nitrogens is 1. The summed E-state index contributed by atoms with van der Waals surface area (Å²) in [6.45, 7) is 3.03. The number of hydrogen-bond acceptors (Lipinski definition) is 4. The van der Waals surface area contributed by atoms with Crippen LogP contribution in [0.25, 0.3) is 0 Å². The smallest absolute Gasteiger partial charge is 0.317 e. The van der Waals surface area contributed by atoms with E-state index in [-0.39, 0.29) is 27.4 Å². The number of carbonyl (C=O) groups excluding carboxylic acids is 1. The van der Waals surface area contributed by atoms with E-state index in [1.807, 2.05) is 0 Å². The SMILES string of the molecule is O=C(Nc1ccc([N+](=O)[O-])cc1)[N+]1(CC2CC2)CC2(CCNCC2)c2cc(F)ccc21. The Balaban J connectivity index is 1.54. The highest BCUT2D eigenvalue weighted by Crippen LogP contribution is 2.52. The Morgan fingerprint density at radius 3 is 2.55 bits per heavy atom. The maximum Gasteiger partial charge on any atom is 0.426 e. The summed E-state index contributed by atoms with van der Waals surface area (Å²) in [6.07, 6.45) is 3.96. The molecule has 2 fully saturated rings. The monoisotopic (exact) mass is 425 g/mol. The van der Waals surface area contributed by atoms with Crippen LogP contribution in [-0.4, -0.2) is 37.1 Å². The first kappa shape index (κ1) is 20.1. The predicted molar refractivity (Wildman–Crippen MR) is 117 cm³/mol. The molecule has 2 aromatic carbocycles. The Morgan fingerprint density at radius 1 is 1.19 bits per heavy atom. The summed E-state index contributed by atoms with van der Waals surface area (Å²) in [6, 6.07) is 10.6. The maximum absolute atomic E-state index is 14.3. The van der Waals surface area contributed by atoms with E-state index in [9.17, 15) is 19.3 Å². The Bertz CT molecular complexity index is 1030. The van der Waals surface area contributed by atoms with Gasteiger partial charge in [0.25, 0.3) is 5.69 Å². The second kappa shape index (κ2) is 7.39. The molecule has 0 aromatic heterocycles. The number of rotatable bonds is 4. The minimum absolute atomic E-state index is 0.0180. The van der Waals surface area contributed by atoms with Gasteiger partial charge in [0.2, 0.25) is 0 Å². The zero-order valence-electron chi connectivity index (χ0n) is 17.3. The molecule has 0 bridgehead atoms. The van der Waals surface area contributed by atoms with Crippen LogP contribution in [0.5, 0.6) is 0 Å². The van der Waals surface area contributed by atoms with Crippen LogP contribution < -0.4 is 15.1 Å². The Labute approximate surface area is 180 Å². The quantitative estimate of drug-likeness (QED) is 0.434. The van der Waals surface area contributed by atoms with Gasteiger partial charge in [-0.25, -0.2) is 13.7 Å². The molecule has 162 valence electrons. The average molecular weight is 425 g/mol. The second-order valence-electron chi connectivity index (χ2n) is 9.18. The normalized spacial score (nSPS) is 24.0. The number of carbonyl (C=O) groups is 1. The van der Waals surface area contributed by atoms with Gasteiger partial charge in [-0.3, -0.25) is 15.4 Å². The van der Waals surface area contributed by atoms with Crippen molar-refractivity contribution in [3.8, 4) is 0 Å². The van der Waals surface area contributed by atoms with Crippen LogP contribution >= 0.6 is 0 Å². The van der Waals surface area contributed by atoms with Gasteiger partial charge >= 0.3 is 6.03 Å². The van der Waals surface area contributed by atoms with Crippen LogP contribution in [0.4, 0.5) is 26.2 Å². The van der Waals surface area contributed by atoms with E-state index in [0.717, 1.165) is 50.0 Å². The molecule has 5 rings (SSSR count). The van der Waals surface area contributed by atoms with Gasteiger partial charge < -0.3 is 5.32 Å². The zero-order chi connectivity index (χ0) is 21.6. The highest BCUT2D eigenvalue weighted by atomic mass is 19.1. The summed E-state index contributed by atoms with van der Waals surface area (Å²) in [5, 5.41) is 17.3. The first-order valence-corrected chi connectivity index (χ1v) is 10.9. The molecule has 2 aliphatic heterocycles. The standard InChI is InChI=1S/C23H25FN4O3/c24-17-3-8-21-20(13-17)23(9-11-25-12-10-23)15-28(21,14-16-1-2-16)22(29)26-18-4-6-19(7-5-18)27(30)31/h3-8,13,16,25H,1-2,9-12,14-15H2/p+1. The number of piperidine rings is 1. The molecule has 1 saturated carbocycles. The molecular formula is C23H26FN4O3+. The molecule has 31 heavy (non-hydrogen) atoms. The molecule has 2 heterocycles. The van der Waals surface area contributed by atoms with Crippen molar-refractivity contribution in [1.29, 1.82) is 0 Å². The molecule has 1 atom stereocenters. The Kier molecular flexibility index (Phi) is 4.79. The Morgan fingerprint density at radius 2 is 1.90 bits per heavy atom. The van der Waals surface area contributed by atoms with Crippen molar-refractivity contribution >= 4 is 23.1 Å². The van der Waals surface area contributed by atoms with Crippen LogP contribution in [0.2, 0.25) is 0 Å². The van der Waals surface area contributed by atoms with Crippen LogP contribution in [0.3, 0.4) is 0 Å². The number of benzene rings is 2. The van der Waals surface area contributed by atoms with Gasteiger partial charge in [0.05, 0.1) is 16.9 Å². The molecule has 2 amide bonds. The summed E-state index contributed by atoms with van der Waals surface area (Å²) in [7, 11) is 0. The number of nitro benzene ring substituents is 1. The minimum Gasteiger partial charge on any atom is -0.317 e. The third kappa shape index (κ3) is 3.49. The zero-order valence-corrected chi connectivity index (χ0v) is 17.3. The molecule has 1 unspecified atom stereocenters. The van der Waals surface area contributed by atoms with Crippen LogP contribution in [0, 0.1) is 21.8 Å². The largest absolute Gasteiger partial charge is 0.426 e. The van der Waals surface area contributed by atoms with Crippen LogP contribution in [0.1, 0.15) is 31.2 Å². The van der Waals surface area contributed by atoms with Gasteiger partial charge in [-0.15, -0.1) is 0 Å². The number of nitrogens with one attached hydrogen (secondary N) is 2. The lowest BCUT2D eigenvalue weighted by Gasteiger charge is -2.37. The summed E-state index contributed by atoms with van der Waals surface area (Å²) in [4.78, 5) is 24.3. The molecule has 1 spiro atoms. The van der Waals surface area contributed by atoms with Gasteiger partial charge in [-0.2, -0.15) is 0 Å². The van der Waals surface area contributed by atoms with Crippen molar-refractivity contribution < 1.29 is 14.1 Å². The highest BCUT2D eigenvalue weighted by molar-refractivity contribution is 5.99.